The second kappa shape index (κ2) is 56.9. The highest BCUT2D eigenvalue weighted by Crippen LogP contribution is 2.17. The van der Waals surface area contributed by atoms with Gasteiger partial charge in [0.25, 0.3) is 0 Å². The molecule has 1 amide bonds. The Morgan fingerprint density at radius 1 is 0.403 bits per heavy atom. The molecule has 396 valence electrons. The quantitative estimate of drug-likeness (QED) is 0.0321. The van der Waals surface area contributed by atoms with E-state index in [4.69, 9.17) is 4.74 Å². The van der Waals surface area contributed by atoms with E-state index in [0.717, 1.165) is 51.4 Å². The van der Waals surface area contributed by atoms with Crippen molar-refractivity contribution < 1.29 is 24.5 Å². The molecule has 0 fully saturated rings. The highest BCUT2D eigenvalue weighted by molar-refractivity contribution is 5.76. The van der Waals surface area contributed by atoms with Crippen LogP contribution < -0.4 is 5.32 Å². The van der Waals surface area contributed by atoms with Crippen LogP contribution in [0, 0.1) is 0 Å². The van der Waals surface area contributed by atoms with Crippen molar-refractivity contribution in [2.24, 2.45) is 0 Å². The molecule has 0 aromatic carbocycles. The second-order valence-electron chi connectivity index (χ2n) is 20.7. The third-order valence-electron chi connectivity index (χ3n) is 14.0. The molecule has 0 aliphatic carbocycles. The van der Waals surface area contributed by atoms with E-state index in [2.05, 4.69) is 31.3 Å². The second-order valence-corrected chi connectivity index (χ2v) is 20.7. The molecule has 0 aromatic heterocycles. The van der Waals surface area contributed by atoms with Gasteiger partial charge in [-0.25, -0.2) is 0 Å². The Hall–Kier alpha value is -1.66. The van der Waals surface area contributed by atoms with Gasteiger partial charge in [-0.1, -0.05) is 282 Å². The fourth-order valence-corrected chi connectivity index (χ4v) is 9.34. The van der Waals surface area contributed by atoms with Gasteiger partial charge >= 0.3 is 5.97 Å². The van der Waals surface area contributed by atoms with Crippen molar-refractivity contribution >= 4 is 11.9 Å². The Balaban J connectivity index is 3.46. The summed E-state index contributed by atoms with van der Waals surface area (Å²) in [6.45, 7) is 4.90. The van der Waals surface area contributed by atoms with Gasteiger partial charge in [0.05, 0.1) is 25.4 Å². The van der Waals surface area contributed by atoms with Gasteiger partial charge in [-0.15, -0.1) is 0 Å². The van der Waals surface area contributed by atoms with Crippen molar-refractivity contribution in [3.63, 3.8) is 0 Å². The topological polar surface area (TPSA) is 95.9 Å². The lowest BCUT2D eigenvalue weighted by molar-refractivity contribution is -0.143. The summed E-state index contributed by atoms with van der Waals surface area (Å²) in [6, 6.07) is -0.635. The number of unbranched alkanes of at least 4 members (excludes halogenated alkanes) is 43. The number of hydrogen-bond donors (Lipinski definition) is 3. The van der Waals surface area contributed by atoms with E-state index in [1.807, 2.05) is 6.08 Å². The van der Waals surface area contributed by atoms with Crippen molar-refractivity contribution in [3.8, 4) is 0 Å². The summed E-state index contributed by atoms with van der Waals surface area (Å²) in [5.41, 5.74) is 0. The summed E-state index contributed by atoms with van der Waals surface area (Å²) < 4.78 is 5.48. The lowest BCUT2D eigenvalue weighted by Gasteiger charge is -2.20. The average Bonchev–Trinajstić information content (AvgIpc) is 3.33. The SMILES string of the molecule is CCCCCCCCC/C=C\CCCCCCCC(=O)OCCCCCCCCCCCCCCCCCC(=O)NC(CO)C(O)/C=C/CCCCCCCCCCCCCCCCCCC. The highest BCUT2D eigenvalue weighted by atomic mass is 16.5. The number of amides is 1. The van der Waals surface area contributed by atoms with Crippen LogP contribution >= 0.6 is 0 Å². The number of nitrogens with one attached hydrogen (secondary N) is 1. The molecule has 0 aromatic rings. The lowest BCUT2D eigenvalue weighted by Crippen LogP contribution is -2.45. The van der Waals surface area contributed by atoms with E-state index in [9.17, 15) is 19.8 Å². The predicted octanol–water partition coefficient (Wildman–Crippen LogP) is 18.6. The number of esters is 1. The summed E-state index contributed by atoms with van der Waals surface area (Å²) in [6.07, 6.45) is 69.1. The molecule has 0 aliphatic heterocycles. The molecule has 0 aliphatic rings. The van der Waals surface area contributed by atoms with Gasteiger partial charge in [0.1, 0.15) is 0 Å². The van der Waals surface area contributed by atoms with Gasteiger partial charge < -0.3 is 20.3 Å². The highest BCUT2D eigenvalue weighted by Gasteiger charge is 2.18. The minimum absolute atomic E-state index is 0.00731. The first kappa shape index (κ1) is 65.3. The molecule has 67 heavy (non-hydrogen) atoms. The smallest absolute Gasteiger partial charge is 0.305 e. The summed E-state index contributed by atoms with van der Waals surface area (Å²) in [4.78, 5) is 24.5. The normalized spacial score (nSPS) is 12.7. The number of hydrogen-bond acceptors (Lipinski definition) is 5. The maximum absolute atomic E-state index is 12.5. The Labute approximate surface area is 418 Å². The van der Waals surface area contributed by atoms with Gasteiger partial charge in [-0.3, -0.25) is 9.59 Å². The summed E-state index contributed by atoms with van der Waals surface area (Å²) in [5, 5.41) is 23.2. The van der Waals surface area contributed by atoms with E-state index in [1.165, 1.54) is 250 Å². The zero-order chi connectivity index (χ0) is 48.6. The molecule has 2 unspecified atom stereocenters. The van der Waals surface area contributed by atoms with Crippen molar-refractivity contribution in [2.45, 2.75) is 341 Å². The molecule has 6 heteroatoms. The van der Waals surface area contributed by atoms with Crippen molar-refractivity contribution in [1.82, 2.24) is 5.32 Å². The predicted molar refractivity (Wildman–Crippen MR) is 292 cm³/mol. The largest absolute Gasteiger partial charge is 0.466 e. The molecule has 0 rings (SSSR count). The number of carbonyl (C=O) groups excluding carboxylic acids is 2. The van der Waals surface area contributed by atoms with Crippen LogP contribution in [0.1, 0.15) is 328 Å². The molecule has 0 heterocycles. The van der Waals surface area contributed by atoms with Gasteiger partial charge in [-0.2, -0.15) is 0 Å². The standard InChI is InChI=1S/C61H117NO5/c1-3-5-7-9-11-13-15-17-19-21-22-23-25-29-33-37-41-45-49-53-59(64)58(57-63)62-60(65)54-50-46-42-38-34-30-26-24-28-32-36-40-44-48-52-56-67-61(66)55-51-47-43-39-35-31-27-20-18-16-14-12-10-8-6-4-2/h20,27,49,53,58-59,63-64H,3-19,21-26,28-48,50-52,54-57H2,1-2H3,(H,62,65)/b27-20-,53-49+. The number of rotatable bonds is 56. The van der Waals surface area contributed by atoms with Gasteiger partial charge in [0, 0.05) is 12.8 Å². The molecule has 0 saturated heterocycles. The Morgan fingerprint density at radius 3 is 1.06 bits per heavy atom. The van der Waals surface area contributed by atoms with E-state index >= 15 is 0 Å². The summed E-state index contributed by atoms with van der Waals surface area (Å²) in [5.74, 6) is -0.0815. The van der Waals surface area contributed by atoms with Gasteiger partial charge in [0.2, 0.25) is 5.91 Å². The zero-order valence-corrected chi connectivity index (χ0v) is 45.1. The van der Waals surface area contributed by atoms with Crippen LogP contribution in [0.2, 0.25) is 0 Å². The number of allylic oxidation sites excluding steroid dienone is 3. The van der Waals surface area contributed by atoms with Crippen LogP contribution in [-0.2, 0) is 14.3 Å². The molecule has 3 N–H and O–H groups in total. The van der Waals surface area contributed by atoms with Crippen molar-refractivity contribution in [2.75, 3.05) is 13.2 Å². The van der Waals surface area contributed by atoms with Crippen LogP contribution in [0.25, 0.3) is 0 Å². The molecule has 0 saturated carbocycles. The van der Waals surface area contributed by atoms with Crippen LogP contribution in [0.4, 0.5) is 0 Å². The molecule has 0 spiro atoms. The monoisotopic (exact) mass is 944 g/mol. The molecular formula is C61H117NO5. The molecule has 0 radical (unpaired) electrons. The van der Waals surface area contributed by atoms with Crippen LogP contribution in [0.5, 0.6) is 0 Å². The van der Waals surface area contributed by atoms with Crippen LogP contribution in [0.15, 0.2) is 24.3 Å². The lowest BCUT2D eigenvalue weighted by atomic mass is 10.0. The Bertz CT molecular complexity index is 1040. The summed E-state index contributed by atoms with van der Waals surface area (Å²) in [7, 11) is 0. The van der Waals surface area contributed by atoms with E-state index < -0.39 is 12.1 Å². The van der Waals surface area contributed by atoms with Gasteiger partial charge in [0.15, 0.2) is 0 Å². The van der Waals surface area contributed by atoms with Crippen LogP contribution in [-0.4, -0.2) is 47.4 Å². The minimum atomic E-state index is -0.851. The number of carbonyl (C=O) groups is 2. The fraction of sp³-hybridized carbons (Fsp3) is 0.902. The average molecular weight is 945 g/mol. The maximum atomic E-state index is 12.5. The fourth-order valence-electron chi connectivity index (χ4n) is 9.34. The van der Waals surface area contributed by atoms with Gasteiger partial charge in [-0.05, 0) is 57.8 Å². The molecule has 0 bridgehead atoms. The van der Waals surface area contributed by atoms with Crippen molar-refractivity contribution in [3.05, 3.63) is 24.3 Å². The third-order valence-corrected chi connectivity index (χ3v) is 14.0. The van der Waals surface area contributed by atoms with Crippen LogP contribution in [0.3, 0.4) is 0 Å². The zero-order valence-electron chi connectivity index (χ0n) is 45.1. The maximum Gasteiger partial charge on any atom is 0.305 e. The molecule has 2 atom stereocenters. The first-order valence-electron chi connectivity index (χ1n) is 30.1. The first-order chi connectivity index (χ1) is 33.0. The van der Waals surface area contributed by atoms with E-state index in [0.29, 0.717) is 19.4 Å². The third kappa shape index (κ3) is 53.5. The number of aliphatic hydroxyl groups excluding tert-OH is 2. The Morgan fingerprint density at radius 2 is 0.701 bits per heavy atom. The first-order valence-corrected chi connectivity index (χ1v) is 30.1. The number of aliphatic hydroxyl groups is 2. The minimum Gasteiger partial charge on any atom is -0.466 e. The molecule has 6 nitrogen and oxygen atoms in total. The summed E-state index contributed by atoms with van der Waals surface area (Å²) >= 11 is 0. The van der Waals surface area contributed by atoms with E-state index in [1.54, 1.807) is 6.08 Å². The van der Waals surface area contributed by atoms with Crippen molar-refractivity contribution in [1.29, 1.82) is 0 Å². The Kier molecular flexibility index (Phi) is 55.5. The molecular weight excluding hydrogens is 827 g/mol. The number of ether oxygens (including phenoxy) is 1. The van der Waals surface area contributed by atoms with E-state index in [-0.39, 0.29) is 18.5 Å².